The molecule has 5 nitrogen and oxygen atoms in total. The van der Waals surface area contributed by atoms with Gasteiger partial charge in [0, 0.05) is 17.1 Å². The van der Waals surface area contributed by atoms with Crippen LogP contribution in [0.25, 0.3) is 0 Å². The van der Waals surface area contributed by atoms with Crippen LogP contribution < -0.4 is 10.1 Å². The fourth-order valence-electron chi connectivity index (χ4n) is 2.71. The summed E-state index contributed by atoms with van der Waals surface area (Å²) in [5, 5.41) is 2.87. The lowest BCUT2D eigenvalue weighted by atomic mass is 10.1. The predicted molar refractivity (Wildman–Crippen MR) is 114 cm³/mol. The van der Waals surface area contributed by atoms with Crippen LogP contribution in [0.2, 0.25) is 0 Å². The van der Waals surface area contributed by atoms with E-state index >= 15 is 0 Å². The Bertz CT molecular complexity index is 806. The zero-order valence-electron chi connectivity index (χ0n) is 16.7. The third-order valence-electron chi connectivity index (χ3n) is 4.22. The van der Waals surface area contributed by atoms with Crippen LogP contribution in [0.4, 0.5) is 0 Å². The third kappa shape index (κ3) is 6.68. The van der Waals surface area contributed by atoms with Crippen LogP contribution in [0, 0.1) is 6.92 Å². The van der Waals surface area contributed by atoms with Gasteiger partial charge in [0.05, 0.1) is 0 Å². The van der Waals surface area contributed by atoms with Crippen LogP contribution >= 0.6 is 15.9 Å². The van der Waals surface area contributed by atoms with Gasteiger partial charge in [0.2, 0.25) is 5.91 Å². The number of amides is 2. The Morgan fingerprint density at radius 2 is 1.79 bits per heavy atom. The largest absolute Gasteiger partial charge is 0.484 e. The number of rotatable bonds is 8. The van der Waals surface area contributed by atoms with E-state index in [1.54, 1.807) is 11.8 Å². The van der Waals surface area contributed by atoms with Crippen molar-refractivity contribution in [3.05, 3.63) is 64.1 Å². The van der Waals surface area contributed by atoms with Crippen molar-refractivity contribution >= 4 is 27.7 Å². The van der Waals surface area contributed by atoms with Gasteiger partial charge in [0.1, 0.15) is 11.8 Å². The first-order valence-electron chi connectivity index (χ1n) is 9.30. The minimum absolute atomic E-state index is 0.00290. The average molecular weight is 447 g/mol. The number of ether oxygens (including phenoxy) is 1. The summed E-state index contributed by atoms with van der Waals surface area (Å²) in [6.45, 7) is 7.70. The maximum atomic E-state index is 12.9. The first kappa shape index (κ1) is 22.0. The van der Waals surface area contributed by atoms with Gasteiger partial charge in [0.25, 0.3) is 5.91 Å². The molecule has 0 aliphatic rings. The molecule has 0 aromatic heterocycles. The quantitative estimate of drug-likeness (QED) is 0.664. The number of carbonyl (C=O) groups excluding carboxylic acids is 2. The second kappa shape index (κ2) is 10.3. The van der Waals surface area contributed by atoms with Crippen LogP contribution in [0.3, 0.4) is 0 Å². The van der Waals surface area contributed by atoms with Gasteiger partial charge in [-0.1, -0.05) is 40.2 Å². The highest BCUT2D eigenvalue weighted by atomic mass is 79.9. The standard InChI is InChI=1S/C22H27BrN2O3/c1-15(2)24-22(27)17(4)25(13-18-8-10-19(23)11-9-18)21(26)14-28-20-7-5-6-16(3)12-20/h5-12,15,17H,13-14H2,1-4H3,(H,24,27)/t17-/m1/s1. The van der Waals surface area contributed by atoms with Gasteiger partial charge in [-0.05, 0) is 63.1 Å². The Hall–Kier alpha value is -2.34. The second-order valence-electron chi connectivity index (χ2n) is 7.09. The van der Waals surface area contributed by atoms with E-state index in [1.165, 1.54) is 0 Å². The van der Waals surface area contributed by atoms with Gasteiger partial charge < -0.3 is 15.0 Å². The first-order chi connectivity index (χ1) is 13.3. The molecule has 0 fully saturated rings. The minimum Gasteiger partial charge on any atom is -0.484 e. The lowest BCUT2D eigenvalue weighted by Gasteiger charge is -2.29. The number of aryl methyl sites for hydroxylation is 1. The van der Waals surface area contributed by atoms with Crippen molar-refractivity contribution in [2.45, 2.75) is 46.3 Å². The molecule has 6 heteroatoms. The van der Waals surface area contributed by atoms with Crippen molar-refractivity contribution in [1.82, 2.24) is 10.2 Å². The summed E-state index contributed by atoms with van der Waals surface area (Å²) in [6.07, 6.45) is 0. The molecule has 0 saturated heterocycles. The van der Waals surface area contributed by atoms with Crippen molar-refractivity contribution < 1.29 is 14.3 Å². The zero-order valence-corrected chi connectivity index (χ0v) is 18.3. The topological polar surface area (TPSA) is 58.6 Å². The van der Waals surface area contributed by atoms with Crippen molar-refractivity contribution in [1.29, 1.82) is 0 Å². The summed E-state index contributed by atoms with van der Waals surface area (Å²) >= 11 is 3.41. The maximum Gasteiger partial charge on any atom is 0.261 e. The van der Waals surface area contributed by atoms with Gasteiger partial charge in [-0.25, -0.2) is 0 Å². The smallest absolute Gasteiger partial charge is 0.261 e. The molecule has 0 aliphatic heterocycles. The third-order valence-corrected chi connectivity index (χ3v) is 4.74. The van der Waals surface area contributed by atoms with E-state index in [2.05, 4.69) is 21.2 Å². The predicted octanol–water partition coefficient (Wildman–Crippen LogP) is 4.08. The summed E-state index contributed by atoms with van der Waals surface area (Å²) in [6, 6.07) is 14.6. The fourth-order valence-corrected chi connectivity index (χ4v) is 2.97. The number of nitrogens with zero attached hydrogens (tertiary/aromatic N) is 1. The highest BCUT2D eigenvalue weighted by Crippen LogP contribution is 2.16. The van der Waals surface area contributed by atoms with Crippen molar-refractivity contribution in [3.63, 3.8) is 0 Å². The van der Waals surface area contributed by atoms with Crippen molar-refractivity contribution in [2.24, 2.45) is 0 Å². The fraction of sp³-hybridized carbons (Fsp3) is 0.364. The summed E-state index contributed by atoms with van der Waals surface area (Å²) < 4.78 is 6.63. The molecule has 0 spiro atoms. The summed E-state index contributed by atoms with van der Waals surface area (Å²) in [4.78, 5) is 27.0. The minimum atomic E-state index is -0.611. The first-order valence-corrected chi connectivity index (χ1v) is 10.1. The highest BCUT2D eigenvalue weighted by Gasteiger charge is 2.26. The van der Waals surface area contributed by atoms with E-state index in [0.29, 0.717) is 12.3 Å². The van der Waals surface area contributed by atoms with Crippen molar-refractivity contribution in [2.75, 3.05) is 6.61 Å². The molecule has 2 aromatic carbocycles. The monoisotopic (exact) mass is 446 g/mol. The summed E-state index contributed by atoms with van der Waals surface area (Å²) in [5.41, 5.74) is 2.00. The second-order valence-corrected chi connectivity index (χ2v) is 8.01. The van der Waals surface area contributed by atoms with Crippen LogP contribution in [0.5, 0.6) is 5.75 Å². The van der Waals surface area contributed by atoms with E-state index in [4.69, 9.17) is 4.74 Å². The molecule has 0 heterocycles. The van der Waals surface area contributed by atoms with Gasteiger partial charge >= 0.3 is 0 Å². The maximum absolute atomic E-state index is 12.9. The lowest BCUT2D eigenvalue weighted by Crippen LogP contribution is -2.50. The normalized spacial score (nSPS) is 11.8. The molecule has 2 amide bonds. The SMILES string of the molecule is Cc1cccc(OCC(=O)N(Cc2ccc(Br)cc2)[C@H](C)C(=O)NC(C)C)c1. The molecule has 28 heavy (non-hydrogen) atoms. The Morgan fingerprint density at radius 1 is 1.11 bits per heavy atom. The molecule has 1 atom stereocenters. The van der Waals surface area contributed by atoms with Gasteiger partial charge in [-0.2, -0.15) is 0 Å². The molecular weight excluding hydrogens is 420 g/mol. The molecule has 2 rings (SSSR count). The van der Waals surface area contributed by atoms with E-state index in [-0.39, 0.29) is 24.5 Å². The number of halogens is 1. The summed E-state index contributed by atoms with van der Waals surface area (Å²) in [7, 11) is 0. The number of hydrogen-bond donors (Lipinski definition) is 1. The van der Waals surface area contributed by atoms with Gasteiger partial charge in [0.15, 0.2) is 6.61 Å². The van der Waals surface area contributed by atoms with Crippen LogP contribution in [-0.2, 0) is 16.1 Å². The number of hydrogen-bond acceptors (Lipinski definition) is 3. The van der Waals surface area contributed by atoms with Gasteiger partial charge in [-0.15, -0.1) is 0 Å². The Kier molecular flexibility index (Phi) is 8.05. The Balaban J connectivity index is 2.14. The van der Waals surface area contributed by atoms with Gasteiger partial charge in [-0.3, -0.25) is 9.59 Å². The zero-order chi connectivity index (χ0) is 20.7. The van der Waals surface area contributed by atoms with Crippen LogP contribution in [0.1, 0.15) is 31.9 Å². The molecule has 150 valence electrons. The Labute approximate surface area is 175 Å². The average Bonchev–Trinajstić information content (AvgIpc) is 2.64. The number of carbonyl (C=O) groups is 2. The van der Waals surface area contributed by atoms with E-state index < -0.39 is 6.04 Å². The molecule has 0 radical (unpaired) electrons. The molecule has 0 unspecified atom stereocenters. The van der Waals surface area contributed by atoms with Crippen molar-refractivity contribution in [3.8, 4) is 5.75 Å². The molecule has 2 aromatic rings. The molecule has 1 N–H and O–H groups in total. The summed E-state index contributed by atoms with van der Waals surface area (Å²) in [5.74, 6) is 0.211. The molecule has 0 saturated carbocycles. The van der Waals surface area contributed by atoms with E-state index in [0.717, 1.165) is 15.6 Å². The van der Waals surface area contributed by atoms with E-state index in [1.807, 2.05) is 69.3 Å². The molecule has 0 aliphatic carbocycles. The van der Waals surface area contributed by atoms with E-state index in [9.17, 15) is 9.59 Å². The molecule has 0 bridgehead atoms. The van der Waals surface area contributed by atoms with Crippen LogP contribution in [-0.4, -0.2) is 35.4 Å². The molecular formula is C22H27BrN2O3. The van der Waals surface area contributed by atoms with Crippen LogP contribution in [0.15, 0.2) is 53.0 Å². The Morgan fingerprint density at radius 3 is 2.39 bits per heavy atom. The lowest BCUT2D eigenvalue weighted by molar-refractivity contribution is -0.142. The number of nitrogens with one attached hydrogen (secondary N) is 1. The highest BCUT2D eigenvalue weighted by molar-refractivity contribution is 9.10. The number of benzene rings is 2.